The fourth-order valence-electron chi connectivity index (χ4n) is 0.673. The van der Waals surface area contributed by atoms with Gasteiger partial charge in [0.15, 0.2) is 0 Å². The van der Waals surface area contributed by atoms with E-state index in [1.807, 2.05) is 0 Å². The van der Waals surface area contributed by atoms with Crippen molar-refractivity contribution in [1.82, 2.24) is 4.98 Å². The summed E-state index contributed by atoms with van der Waals surface area (Å²) in [6.07, 6.45) is 1.12. The zero-order chi connectivity index (χ0) is 10.6. The molecule has 1 rings (SSSR count). The van der Waals surface area contributed by atoms with Gasteiger partial charge in [-0.1, -0.05) is 5.16 Å². The average Bonchev–Trinajstić information content (AvgIpc) is 2.15. The Bertz CT molecular complexity index is 355. The third-order valence-corrected chi connectivity index (χ3v) is 1.25. The van der Waals surface area contributed by atoms with Crippen LogP contribution in [0, 0.1) is 10.1 Å². The van der Waals surface area contributed by atoms with E-state index in [1.54, 1.807) is 13.8 Å². The van der Waals surface area contributed by atoms with Crippen molar-refractivity contribution in [1.29, 1.82) is 0 Å². The van der Waals surface area contributed by atoms with Crippen molar-refractivity contribution in [3.8, 4) is 5.88 Å². The van der Waals surface area contributed by atoms with Crippen LogP contribution in [0.3, 0.4) is 0 Å². The molecule has 0 bridgehead atoms. The molecule has 0 aliphatic rings. The highest BCUT2D eigenvalue weighted by atomic mass is 16.6. The lowest BCUT2D eigenvalue weighted by Crippen LogP contribution is -1.93. The van der Waals surface area contributed by atoms with Gasteiger partial charge in [0, 0.05) is 12.1 Å². The highest BCUT2D eigenvalue weighted by molar-refractivity contribution is 5.78. The van der Waals surface area contributed by atoms with E-state index in [0.29, 0.717) is 0 Å². The van der Waals surface area contributed by atoms with Crippen LogP contribution in [0.5, 0.6) is 5.88 Å². The lowest BCUT2D eigenvalue weighted by molar-refractivity contribution is -0.385. The molecule has 0 saturated carbocycles. The summed E-state index contributed by atoms with van der Waals surface area (Å²) >= 11 is 0. The molecule has 0 aliphatic heterocycles. The van der Waals surface area contributed by atoms with Gasteiger partial charge in [0.25, 0.3) is 5.69 Å². The Balaban J connectivity index is 2.74. The number of hydrogen-bond acceptors (Lipinski definition) is 5. The van der Waals surface area contributed by atoms with Crippen LogP contribution in [-0.4, -0.2) is 15.6 Å². The van der Waals surface area contributed by atoms with Crippen LogP contribution in [0.1, 0.15) is 13.8 Å². The number of nitro groups is 1. The summed E-state index contributed by atoms with van der Waals surface area (Å²) < 4.78 is 0. The lowest BCUT2D eigenvalue weighted by atomic mass is 10.4. The first-order chi connectivity index (χ1) is 6.59. The van der Waals surface area contributed by atoms with Crippen molar-refractivity contribution >= 4 is 11.4 Å². The molecular weight excluding hydrogens is 186 g/mol. The van der Waals surface area contributed by atoms with Gasteiger partial charge in [0.1, 0.15) is 6.20 Å². The third-order valence-electron chi connectivity index (χ3n) is 1.25. The van der Waals surface area contributed by atoms with Gasteiger partial charge in [-0.15, -0.1) is 0 Å². The molecule has 0 unspecified atom stereocenters. The van der Waals surface area contributed by atoms with E-state index >= 15 is 0 Å². The lowest BCUT2D eigenvalue weighted by Gasteiger charge is -1.96. The molecule has 0 aromatic carbocycles. The van der Waals surface area contributed by atoms with Crippen LogP contribution in [0.15, 0.2) is 23.5 Å². The second kappa shape index (κ2) is 4.31. The van der Waals surface area contributed by atoms with Crippen molar-refractivity contribution in [2.75, 3.05) is 0 Å². The summed E-state index contributed by atoms with van der Waals surface area (Å²) in [6.45, 7) is 3.54. The van der Waals surface area contributed by atoms with Crippen LogP contribution in [0.2, 0.25) is 0 Å². The molecule has 1 aromatic heterocycles. The minimum atomic E-state index is -0.523. The fraction of sp³-hybridized carbons (Fsp3) is 0.250. The molecule has 0 saturated heterocycles. The SMILES string of the molecule is CC(C)=NOc1ccc([N+](=O)[O-])cn1. The highest BCUT2D eigenvalue weighted by Crippen LogP contribution is 2.13. The quantitative estimate of drug-likeness (QED) is 0.418. The van der Waals surface area contributed by atoms with Gasteiger partial charge < -0.3 is 4.84 Å². The van der Waals surface area contributed by atoms with Crippen LogP contribution in [0.25, 0.3) is 0 Å². The number of pyridine rings is 1. The van der Waals surface area contributed by atoms with E-state index in [0.717, 1.165) is 11.9 Å². The molecule has 0 radical (unpaired) electrons. The highest BCUT2D eigenvalue weighted by Gasteiger charge is 2.05. The summed E-state index contributed by atoms with van der Waals surface area (Å²) in [4.78, 5) is 18.3. The second-order valence-electron chi connectivity index (χ2n) is 2.74. The molecule has 6 nitrogen and oxygen atoms in total. The summed E-state index contributed by atoms with van der Waals surface area (Å²) in [6, 6.07) is 2.70. The zero-order valence-corrected chi connectivity index (χ0v) is 7.80. The summed E-state index contributed by atoms with van der Waals surface area (Å²) in [5.74, 6) is 0.233. The Labute approximate surface area is 80.4 Å². The largest absolute Gasteiger partial charge is 0.337 e. The predicted octanol–water partition coefficient (Wildman–Crippen LogP) is 1.76. The first kappa shape index (κ1) is 10.1. The minimum absolute atomic E-state index is 0.0745. The molecule has 0 fully saturated rings. The van der Waals surface area contributed by atoms with E-state index in [-0.39, 0.29) is 11.6 Å². The Morgan fingerprint density at radius 2 is 2.29 bits per heavy atom. The van der Waals surface area contributed by atoms with Gasteiger partial charge in [0.05, 0.1) is 10.6 Å². The number of rotatable bonds is 3. The monoisotopic (exact) mass is 195 g/mol. The summed E-state index contributed by atoms with van der Waals surface area (Å²) in [5, 5.41) is 13.9. The number of nitrogens with zero attached hydrogens (tertiary/aromatic N) is 3. The summed E-state index contributed by atoms with van der Waals surface area (Å²) in [7, 11) is 0. The maximum atomic E-state index is 10.3. The number of oxime groups is 1. The van der Waals surface area contributed by atoms with Gasteiger partial charge in [-0.05, 0) is 13.8 Å². The second-order valence-corrected chi connectivity index (χ2v) is 2.74. The van der Waals surface area contributed by atoms with Crippen molar-refractivity contribution in [2.24, 2.45) is 5.16 Å². The van der Waals surface area contributed by atoms with Crippen LogP contribution in [0.4, 0.5) is 5.69 Å². The van der Waals surface area contributed by atoms with Gasteiger partial charge >= 0.3 is 0 Å². The first-order valence-corrected chi connectivity index (χ1v) is 3.88. The molecule has 0 spiro atoms. The van der Waals surface area contributed by atoms with E-state index < -0.39 is 4.92 Å². The molecule has 0 amide bonds. The Morgan fingerprint density at radius 3 is 2.71 bits per heavy atom. The fourth-order valence-corrected chi connectivity index (χ4v) is 0.673. The van der Waals surface area contributed by atoms with Gasteiger partial charge in [-0.25, -0.2) is 4.98 Å². The maximum absolute atomic E-state index is 10.3. The molecule has 14 heavy (non-hydrogen) atoms. The van der Waals surface area contributed by atoms with Crippen molar-refractivity contribution in [3.05, 3.63) is 28.4 Å². The van der Waals surface area contributed by atoms with E-state index in [1.165, 1.54) is 12.1 Å². The first-order valence-electron chi connectivity index (χ1n) is 3.88. The predicted molar refractivity (Wildman–Crippen MR) is 50.3 cm³/mol. The van der Waals surface area contributed by atoms with E-state index in [9.17, 15) is 10.1 Å². The number of aromatic nitrogens is 1. The molecule has 0 atom stereocenters. The minimum Gasteiger partial charge on any atom is -0.337 e. The van der Waals surface area contributed by atoms with E-state index in [2.05, 4.69) is 10.1 Å². The van der Waals surface area contributed by atoms with Crippen LogP contribution < -0.4 is 4.84 Å². The molecule has 1 heterocycles. The smallest absolute Gasteiger partial charge is 0.287 e. The van der Waals surface area contributed by atoms with Crippen molar-refractivity contribution in [3.63, 3.8) is 0 Å². The third kappa shape index (κ3) is 2.81. The summed E-state index contributed by atoms with van der Waals surface area (Å²) in [5.41, 5.74) is 0.666. The molecule has 74 valence electrons. The van der Waals surface area contributed by atoms with Crippen molar-refractivity contribution < 1.29 is 9.76 Å². The zero-order valence-electron chi connectivity index (χ0n) is 7.80. The average molecular weight is 195 g/mol. The van der Waals surface area contributed by atoms with Gasteiger partial charge in [-0.3, -0.25) is 10.1 Å². The Kier molecular flexibility index (Phi) is 3.11. The Hall–Kier alpha value is -1.98. The molecule has 0 aliphatic carbocycles. The van der Waals surface area contributed by atoms with Crippen molar-refractivity contribution in [2.45, 2.75) is 13.8 Å². The molecule has 1 aromatic rings. The van der Waals surface area contributed by atoms with Crippen LogP contribution >= 0.6 is 0 Å². The van der Waals surface area contributed by atoms with E-state index in [4.69, 9.17) is 4.84 Å². The Morgan fingerprint density at radius 1 is 1.57 bits per heavy atom. The van der Waals surface area contributed by atoms with Crippen LogP contribution in [-0.2, 0) is 0 Å². The molecular formula is C8H9N3O3. The molecule has 0 N–H and O–H groups in total. The van der Waals surface area contributed by atoms with Gasteiger partial charge in [-0.2, -0.15) is 0 Å². The van der Waals surface area contributed by atoms with Gasteiger partial charge in [0.2, 0.25) is 5.88 Å². The standard InChI is InChI=1S/C8H9N3O3/c1-6(2)10-14-8-4-3-7(5-9-8)11(12)13/h3-5H,1-2H3. The topological polar surface area (TPSA) is 77.6 Å². The maximum Gasteiger partial charge on any atom is 0.287 e. The molecule has 6 heteroatoms. The number of hydrogen-bond donors (Lipinski definition) is 0. The normalized spacial score (nSPS) is 9.29.